The lowest BCUT2D eigenvalue weighted by molar-refractivity contribution is -0.00459. The summed E-state index contributed by atoms with van der Waals surface area (Å²) in [6.45, 7) is 9.47. The summed E-state index contributed by atoms with van der Waals surface area (Å²) in [7, 11) is 0. The Hall–Kier alpha value is -2.20. The maximum atomic E-state index is 10.7. The second-order valence-corrected chi connectivity index (χ2v) is 11.7. The molecule has 0 spiro atoms. The molecule has 3 heterocycles. The van der Waals surface area contributed by atoms with Gasteiger partial charge in [0.15, 0.2) is 5.76 Å². The van der Waals surface area contributed by atoms with Gasteiger partial charge < -0.3 is 14.4 Å². The highest BCUT2D eigenvalue weighted by Crippen LogP contribution is 2.34. The van der Waals surface area contributed by atoms with Gasteiger partial charge in [-0.3, -0.25) is 9.80 Å². The Bertz CT molecular complexity index is 1360. The van der Waals surface area contributed by atoms with Gasteiger partial charge in [0.05, 0.1) is 31.8 Å². The number of thiazole rings is 1. The molecule has 10 heteroatoms. The van der Waals surface area contributed by atoms with Crippen molar-refractivity contribution in [3.05, 3.63) is 63.3 Å². The summed E-state index contributed by atoms with van der Waals surface area (Å²) in [6.07, 6.45) is -0.591. The first-order chi connectivity index (χ1) is 17.8. The normalized spacial score (nSPS) is 19.9. The van der Waals surface area contributed by atoms with E-state index in [9.17, 15) is 5.11 Å². The number of ether oxygens (including phenoxy) is 1. The Morgan fingerprint density at radius 1 is 1.11 bits per heavy atom. The lowest BCUT2D eigenvalue weighted by Gasteiger charge is -2.44. The van der Waals surface area contributed by atoms with Gasteiger partial charge in [0.25, 0.3) is 0 Å². The maximum Gasteiger partial charge on any atom is 0.151 e. The summed E-state index contributed by atoms with van der Waals surface area (Å²) in [5.41, 5.74) is 2.25. The van der Waals surface area contributed by atoms with Crippen molar-refractivity contribution in [1.29, 1.82) is 0 Å². The summed E-state index contributed by atoms with van der Waals surface area (Å²) in [4.78, 5) is 9.20. The average molecular weight is 562 g/mol. The van der Waals surface area contributed by atoms with E-state index in [1.54, 1.807) is 23.5 Å². The predicted octanol–water partition coefficient (Wildman–Crippen LogP) is 5.90. The molecule has 1 aliphatic rings. The van der Waals surface area contributed by atoms with Crippen molar-refractivity contribution in [2.75, 3.05) is 26.2 Å². The third-order valence-electron chi connectivity index (χ3n) is 6.73. The van der Waals surface area contributed by atoms with Crippen LogP contribution in [0.2, 0.25) is 10.0 Å². The average Bonchev–Trinajstić information content (AvgIpc) is 3.46. The predicted molar refractivity (Wildman–Crippen MR) is 149 cm³/mol. The Morgan fingerprint density at radius 2 is 1.84 bits per heavy atom. The van der Waals surface area contributed by atoms with Crippen molar-refractivity contribution in [1.82, 2.24) is 19.9 Å². The quantitative estimate of drug-likeness (QED) is 0.287. The van der Waals surface area contributed by atoms with Gasteiger partial charge in [0.2, 0.25) is 0 Å². The molecule has 37 heavy (non-hydrogen) atoms. The number of aromatic nitrogens is 2. The van der Waals surface area contributed by atoms with Crippen LogP contribution in [-0.2, 0) is 6.54 Å². The highest BCUT2D eigenvalue weighted by atomic mass is 35.5. The van der Waals surface area contributed by atoms with Gasteiger partial charge in [-0.2, -0.15) is 0 Å². The first kappa shape index (κ1) is 26.4. The smallest absolute Gasteiger partial charge is 0.151 e. The van der Waals surface area contributed by atoms with Crippen LogP contribution in [0.5, 0.6) is 5.75 Å². The number of rotatable bonds is 8. The van der Waals surface area contributed by atoms with Crippen molar-refractivity contribution in [2.24, 2.45) is 0 Å². The Morgan fingerprint density at radius 3 is 2.62 bits per heavy atom. The zero-order valence-electron chi connectivity index (χ0n) is 21.0. The topological polar surface area (TPSA) is 74.9 Å². The molecule has 196 valence electrons. The molecule has 0 saturated carbocycles. The fourth-order valence-electron chi connectivity index (χ4n) is 4.82. The molecule has 2 aromatic carbocycles. The lowest BCUT2D eigenvalue weighted by atomic mass is 10.1. The number of aryl methyl sites for hydroxylation is 1. The van der Waals surface area contributed by atoms with Crippen LogP contribution in [0.1, 0.15) is 24.6 Å². The van der Waals surface area contributed by atoms with Gasteiger partial charge in [-0.15, -0.1) is 11.3 Å². The molecule has 5 rings (SSSR count). The number of aliphatic hydroxyl groups excluding tert-OH is 1. The monoisotopic (exact) mass is 560 g/mol. The minimum Gasteiger partial charge on any atom is -0.491 e. The third kappa shape index (κ3) is 6.11. The van der Waals surface area contributed by atoms with E-state index in [0.717, 1.165) is 39.8 Å². The minimum atomic E-state index is -0.591. The number of nitrogens with zero attached hydrogens (tertiary/aromatic N) is 4. The van der Waals surface area contributed by atoms with E-state index in [2.05, 4.69) is 33.8 Å². The van der Waals surface area contributed by atoms with E-state index in [0.29, 0.717) is 34.4 Å². The van der Waals surface area contributed by atoms with Gasteiger partial charge in [-0.1, -0.05) is 34.4 Å². The number of hydrogen-bond acceptors (Lipinski definition) is 8. The lowest BCUT2D eigenvalue weighted by Crippen LogP contribution is -2.57. The van der Waals surface area contributed by atoms with Crippen LogP contribution in [0.3, 0.4) is 0 Å². The summed E-state index contributed by atoms with van der Waals surface area (Å²) in [5.74, 6) is 1.49. The van der Waals surface area contributed by atoms with Crippen LogP contribution in [-0.4, -0.2) is 69.5 Å². The number of halogens is 2. The molecule has 0 radical (unpaired) electrons. The molecule has 0 amide bonds. The van der Waals surface area contributed by atoms with Gasteiger partial charge in [-0.05, 0) is 45.0 Å². The largest absolute Gasteiger partial charge is 0.491 e. The van der Waals surface area contributed by atoms with Crippen molar-refractivity contribution >= 4 is 44.8 Å². The first-order valence-electron chi connectivity index (χ1n) is 12.3. The molecule has 2 aromatic heterocycles. The second-order valence-electron chi connectivity index (χ2n) is 9.68. The molecular formula is C27H30Cl2N4O3S. The molecule has 0 bridgehead atoms. The Labute approximate surface area is 230 Å². The first-order valence-corrected chi connectivity index (χ1v) is 13.9. The molecule has 0 aliphatic carbocycles. The fraction of sp³-hybridized carbons (Fsp3) is 0.407. The molecule has 0 unspecified atom stereocenters. The molecular weight excluding hydrogens is 531 g/mol. The summed E-state index contributed by atoms with van der Waals surface area (Å²) in [6, 6.07) is 13.7. The molecule has 1 saturated heterocycles. The Balaban J connectivity index is 1.14. The van der Waals surface area contributed by atoms with E-state index in [1.807, 2.05) is 37.3 Å². The number of aliphatic hydroxyl groups is 1. The highest BCUT2D eigenvalue weighted by Gasteiger charge is 2.31. The van der Waals surface area contributed by atoms with E-state index >= 15 is 0 Å². The number of β-amino-alcohol motifs (C(OH)–C–C–N with tert-alkyl or cyclic N) is 1. The van der Waals surface area contributed by atoms with E-state index < -0.39 is 6.10 Å². The van der Waals surface area contributed by atoms with Gasteiger partial charge in [0.1, 0.15) is 24.2 Å². The molecule has 7 nitrogen and oxygen atoms in total. The molecule has 4 aromatic rings. The van der Waals surface area contributed by atoms with Crippen molar-refractivity contribution in [2.45, 2.75) is 45.5 Å². The zero-order chi connectivity index (χ0) is 26.1. The van der Waals surface area contributed by atoms with Crippen LogP contribution < -0.4 is 4.74 Å². The van der Waals surface area contributed by atoms with Gasteiger partial charge in [-0.25, -0.2) is 4.98 Å². The third-order valence-corrected chi connectivity index (χ3v) is 8.32. The summed E-state index contributed by atoms with van der Waals surface area (Å²) >= 11 is 14.3. The maximum absolute atomic E-state index is 10.7. The molecule has 1 N–H and O–H groups in total. The number of fused-ring (bicyclic) bond motifs is 1. The number of benzene rings is 2. The Kier molecular flexibility index (Phi) is 8.04. The van der Waals surface area contributed by atoms with Crippen LogP contribution >= 0.6 is 34.5 Å². The second kappa shape index (κ2) is 11.3. The molecule has 3 atom stereocenters. The van der Waals surface area contributed by atoms with Crippen LogP contribution in [0.15, 0.2) is 47.0 Å². The summed E-state index contributed by atoms with van der Waals surface area (Å²) < 4.78 is 12.6. The van der Waals surface area contributed by atoms with Gasteiger partial charge in [0, 0.05) is 49.4 Å². The van der Waals surface area contributed by atoms with E-state index in [4.69, 9.17) is 32.5 Å². The van der Waals surface area contributed by atoms with E-state index in [-0.39, 0.29) is 18.7 Å². The zero-order valence-corrected chi connectivity index (χ0v) is 23.4. The molecule has 1 fully saturated rings. The van der Waals surface area contributed by atoms with E-state index in [1.165, 1.54) is 0 Å². The number of hydrogen-bond donors (Lipinski definition) is 1. The minimum absolute atomic E-state index is 0.237. The SMILES string of the molecule is Cc1nc2cc(OC[C@H](O)CN3C[C@H](C)N(Cc4cc(-c5c(Cl)cccc5Cl)no4)C[C@@H]3C)ccc2s1. The van der Waals surface area contributed by atoms with Crippen LogP contribution in [0, 0.1) is 6.92 Å². The van der Waals surface area contributed by atoms with Crippen LogP contribution in [0.4, 0.5) is 0 Å². The molecule has 1 aliphatic heterocycles. The number of piperazine rings is 1. The van der Waals surface area contributed by atoms with Crippen LogP contribution in [0.25, 0.3) is 21.5 Å². The summed E-state index contributed by atoms with van der Waals surface area (Å²) in [5, 5.41) is 17.0. The van der Waals surface area contributed by atoms with Crippen molar-refractivity contribution in [3.63, 3.8) is 0 Å². The fourth-order valence-corrected chi connectivity index (χ4v) is 6.22. The van der Waals surface area contributed by atoms with Gasteiger partial charge >= 0.3 is 0 Å². The van der Waals surface area contributed by atoms with Crippen molar-refractivity contribution in [3.8, 4) is 17.0 Å². The van der Waals surface area contributed by atoms with Crippen molar-refractivity contribution < 1.29 is 14.4 Å². The standard InChI is InChI=1S/C27H30Cl2N4O3S/c1-16-12-33(14-21-10-25(31-36-21)27-22(28)5-4-6-23(27)29)17(2)11-32(16)13-19(34)15-35-20-7-8-26-24(9-20)30-18(3)37-26/h4-10,16-17,19,34H,11-15H2,1-3H3/t16-,17-,19+/m0/s1. The highest BCUT2D eigenvalue weighted by molar-refractivity contribution is 7.18.